The molecule has 0 spiro atoms. The van der Waals surface area contributed by atoms with Crippen molar-refractivity contribution in [3.05, 3.63) is 10.3 Å². The number of nitrogens with one attached hydrogen (secondary N) is 1. The molecular weight excluding hydrogens is 251 g/mol. The van der Waals surface area contributed by atoms with Crippen molar-refractivity contribution >= 4 is 34.5 Å². The van der Waals surface area contributed by atoms with E-state index in [1.165, 1.54) is 0 Å². The SMILES string of the molecule is CC(C)(C)C(=N)/C=N\C=C/I. The third kappa shape index (κ3) is 5.12. The summed E-state index contributed by atoms with van der Waals surface area (Å²) < 4.78 is 1.81. The lowest BCUT2D eigenvalue weighted by atomic mass is 9.91. The maximum atomic E-state index is 7.53. The zero-order valence-corrected chi connectivity index (χ0v) is 9.21. The average Bonchev–Trinajstić information content (AvgIpc) is 1.86. The molecule has 0 fully saturated rings. The molecule has 0 atom stereocenters. The zero-order chi connectivity index (χ0) is 8.91. The lowest BCUT2D eigenvalue weighted by Gasteiger charge is -2.15. The van der Waals surface area contributed by atoms with Crippen LogP contribution in [-0.4, -0.2) is 11.9 Å². The number of aliphatic imine (C=N–C) groups is 1. The van der Waals surface area contributed by atoms with Gasteiger partial charge in [0.25, 0.3) is 0 Å². The fraction of sp³-hybridized carbons (Fsp3) is 0.500. The summed E-state index contributed by atoms with van der Waals surface area (Å²) >= 11 is 2.09. The van der Waals surface area contributed by atoms with E-state index in [4.69, 9.17) is 5.41 Å². The van der Waals surface area contributed by atoms with E-state index < -0.39 is 0 Å². The third-order valence-corrected chi connectivity index (χ3v) is 1.48. The first-order valence-electron chi connectivity index (χ1n) is 3.36. The molecule has 0 saturated carbocycles. The number of nitrogens with zero attached hydrogens (tertiary/aromatic N) is 1. The van der Waals surface area contributed by atoms with Crippen LogP contribution in [0.1, 0.15) is 20.8 Å². The molecule has 0 aromatic rings. The van der Waals surface area contributed by atoms with Crippen LogP contribution in [-0.2, 0) is 0 Å². The molecule has 0 bridgehead atoms. The van der Waals surface area contributed by atoms with Gasteiger partial charge in [0.05, 0.1) is 5.71 Å². The smallest absolute Gasteiger partial charge is 0.0549 e. The Bertz CT molecular complexity index is 187. The molecule has 62 valence electrons. The quantitative estimate of drug-likeness (QED) is 0.588. The Kier molecular flexibility index (Phi) is 4.56. The van der Waals surface area contributed by atoms with Gasteiger partial charge in [-0.15, -0.1) is 0 Å². The van der Waals surface area contributed by atoms with Crippen LogP contribution in [0.3, 0.4) is 0 Å². The van der Waals surface area contributed by atoms with Gasteiger partial charge in [0.1, 0.15) is 0 Å². The molecule has 0 rings (SSSR count). The fourth-order valence-corrected chi connectivity index (χ4v) is 0.529. The van der Waals surface area contributed by atoms with E-state index in [0.717, 1.165) is 0 Å². The Morgan fingerprint density at radius 2 is 2.00 bits per heavy atom. The van der Waals surface area contributed by atoms with E-state index >= 15 is 0 Å². The fourth-order valence-electron chi connectivity index (χ4n) is 0.344. The lowest BCUT2D eigenvalue weighted by molar-refractivity contribution is 0.595. The highest BCUT2D eigenvalue weighted by Crippen LogP contribution is 2.13. The summed E-state index contributed by atoms with van der Waals surface area (Å²) in [5, 5.41) is 7.53. The molecule has 2 nitrogen and oxygen atoms in total. The van der Waals surface area contributed by atoms with Crippen molar-refractivity contribution in [2.75, 3.05) is 0 Å². The molecule has 0 aliphatic rings. The van der Waals surface area contributed by atoms with Crippen LogP contribution in [0.4, 0.5) is 0 Å². The second kappa shape index (κ2) is 4.64. The van der Waals surface area contributed by atoms with E-state index in [9.17, 15) is 0 Å². The highest BCUT2D eigenvalue weighted by atomic mass is 127. The molecule has 3 heteroatoms. The van der Waals surface area contributed by atoms with E-state index in [2.05, 4.69) is 27.6 Å². The van der Waals surface area contributed by atoms with E-state index in [1.54, 1.807) is 12.4 Å². The minimum absolute atomic E-state index is 0.0946. The maximum absolute atomic E-state index is 7.53. The highest BCUT2D eigenvalue weighted by molar-refractivity contribution is 14.1. The largest absolute Gasteiger partial charge is 0.303 e. The summed E-state index contributed by atoms with van der Waals surface area (Å²) in [4.78, 5) is 3.92. The summed E-state index contributed by atoms with van der Waals surface area (Å²) in [5.41, 5.74) is 0.454. The van der Waals surface area contributed by atoms with Crippen LogP contribution in [0.25, 0.3) is 0 Å². The van der Waals surface area contributed by atoms with E-state index in [-0.39, 0.29) is 5.41 Å². The molecule has 0 aromatic heterocycles. The molecular formula is C8H13IN2. The Hall–Kier alpha value is -0.190. The first-order valence-corrected chi connectivity index (χ1v) is 4.60. The van der Waals surface area contributed by atoms with Crippen LogP contribution in [0.2, 0.25) is 0 Å². The van der Waals surface area contributed by atoms with Crippen molar-refractivity contribution in [1.29, 1.82) is 5.41 Å². The third-order valence-electron chi connectivity index (χ3n) is 1.15. The maximum Gasteiger partial charge on any atom is 0.0549 e. The van der Waals surface area contributed by atoms with Gasteiger partial charge in [-0.05, 0) is 4.08 Å². The van der Waals surface area contributed by atoms with Crippen molar-refractivity contribution in [3.63, 3.8) is 0 Å². The van der Waals surface area contributed by atoms with E-state index in [0.29, 0.717) is 5.71 Å². The molecule has 0 aromatic carbocycles. The van der Waals surface area contributed by atoms with Gasteiger partial charge in [0, 0.05) is 17.8 Å². The molecule has 0 heterocycles. The van der Waals surface area contributed by atoms with Gasteiger partial charge >= 0.3 is 0 Å². The van der Waals surface area contributed by atoms with Crippen molar-refractivity contribution in [3.8, 4) is 0 Å². The lowest BCUT2D eigenvalue weighted by Crippen LogP contribution is -2.19. The first kappa shape index (κ1) is 10.8. The summed E-state index contributed by atoms with van der Waals surface area (Å²) in [6.07, 6.45) is 3.25. The van der Waals surface area contributed by atoms with Crippen LogP contribution in [0.15, 0.2) is 15.3 Å². The second-order valence-corrected chi connectivity index (χ2v) is 3.94. The van der Waals surface area contributed by atoms with Crippen molar-refractivity contribution in [2.24, 2.45) is 10.4 Å². The summed E-state index contributed by atoms with van der Waals surface area (Å²) in [7, 11) is 0. The molecule has 0 aliphatic heterocycles. The van der Waals surface area contributed by atoms with Crippen LogP contribution in [0, 0.1) is 10.8 Å². The topological polar surface area (TPSA) is 36.2 Å². The Morgan fingerprint density at radius 3 is 2.36 bits per heavy atom. The van der Waals surface area contributed by atoms with Gasteiger partial charge in [-0.1, -0.05) is 43.4 Å². The Labute approximate surface area is 81.4 Å². The standard InChI is InChI=1S/C8H13IN2/c1-8(2,3)7(10)6-11-5-4-9/h4-6,10H,1-3H3/b5-4-,10-7?,11-6-. The average molecular weight is 264 g/mol. The normalized spacial score (nSPS) is 13.1. The molecule has 0 unspecified atom stereocenters. The van der Waals surface area contributed by atoms with Crippen LogP contribution in [0.5, 0.6) is 0 Å². The number of hydrogen-bond acceptors (Lipinski definition) is 2. The number of halogens is 1. The van der Waals surface area contributed by atoms with E-state index in [1.807, 2.05) is 24.9 Å². The van der Waals surface area contributed by atoms with Crippen LogP contribution < -0.4 is 0 Å². The molecule has 0 aliphatic carbocycles. The van der Waals surface area contributed by atoms with Crippen molar-refractivity contribution in [2.45, 2.75) is 20.8 Å². The zero-order valence-electron chi connectivity index (χ0n) is 7.06. The summed E-state index contributed by atoms with van der Waals surface area (Å²) in [6.45, 7) is 5.99. The predicted molar refractivity (Wildman–Crippen MR) is 58.8 cm³/mol. The summed E-state index contributed by atoms with van der Waals surface area (Å²) in [5.74, 6) is 0. The minimum Gasteiger partial charge on any atom is -0.303 e. The number of rotatable bonds is 2. The molecule has 1 N–H and O–H groups in total. The van der Waals surface area contributed by atoms with Crippen molar-refractivity contribution < 1.29 is 0 Å². The Balaban J connectivity index is 4.08. The van der Waals surface area contributed by atoms with Gasteiger partial charge in [-0.2, -0.15) is 0 Å². The molecule has 11 heavy (non-hydrogen) atoms. The van der Waals surface area contributed by atoms with Gasteiger partial charge < -0.3 is 5.41 Å². The predicted octanol–water partition coefficient (Wildman–Crippen LogP) is 3.03. The second-order valence-electron chi connectivity index (χ2n) is 3.22. The Morgan fingerprint density at radius 1 is 1.45 bits per heavy atom. The monoisotopic (exact) mass is 264 g/mol. The summed E-state index contributed by atoms with van der Waals surface area (Å²) in [6, 6.07) is 0. The van der Waals surface area contributed by atoms with Gasteiger partial charge in [0.2, 0.25) is 0 Å². The van der Waals surface area contributed by atoms with Crippen molar-refractivity contribution in [1.82, 2.24) is 0 Å². The highest BCUT2D eigenvalue weighted by Gasteiger charge is 2.14. The minimum atomic E-state index is -0.0946. The van der Waals surface area contributed by atoms with Gasteiger partial charge in [0.15, 0.2) is 0 Å². The van der Waals surface area contributed by atoms with Gasteiger partial charge in [-0.25, -0.2) is 0 Å². The first-order chi connectivity index (χ1) is 4.98. The molecule has 0 saturated heterocycles. The molecule has 0 radical (unpaired) electrons. The molecule has 0 amide bonds. The number of hydrogen-bond donors (Lipinski definition) is 1. The van der Waals surface area contributed by atoms with Crippen LogP contribution >= 0.6 is 22.6 Å². The van der Waals surface area contributed by atoms with Gasteiger partial charge in [-0.3, -0.25) is 4.99 Å².